The maximum atomic E-state index is 12.4. The van der Waals surface area contributed by atoms with E-state index in [2.05, 4.69) is 61.2 Å². The zero-order valence-corrected chi connectivity index (χ0v) is 42.1. The largest absolute Gasteiger partial charge is 0.756 e. The van der Waals surface area contributed by atoms with E-state index in [1.54, 1.807) is 0 Å². The zero-order valence-electron chi connectivity index (χ0n) is 41.2. The quantitative estimate of drug-likeness (QED) is 0.0263. The topological polar surface area (TPSA) is 77.1 Å². The average Bonchev–Trinajstić information content (AvgIpc) is 3.24. The summed E-state index contributed by atoms with van der Waals surface area (Å²) in [6.07, 6.45) is 40.7. The van der Waals surface area contributed by atoms with E-state index in [-0.39, 0.29) is 13.2 Å². The second kappa shape index (κ2) is 47.2. The molecule has 0 spiro atoms. The molecule has 0 N–H and O–H groups in total. The number of phosphoric ester groups is 1. The Kier molecular flexibility index (Phi) is 45.9. The lowest BCUT2D eigenvalue weighted by Crippen LogP contribution is -2.37. The van der Waals surface area contributed by atoms with Crippen LogP contribution in [0.15, 0.2) is 0 Å². The second-order valence-electron chi connectivity index (χ2n) is 18.3. The number of quaternary nitrogens is 1. The summed E-state index contributed by atoms with van der Waals surface area (Å²) in [5.74, 6) is 25.0. The molecule has 358 valence electrons. The Labute approximate surface area is 385 Å². The zero-order chi connectivity index (χ0) is 45.3. The van der Waals surface area contributed by atoms with Crippen molar-refractivity contribution in [3.63, 3.8) is 0 Å². The summed E-state index contributed by atoms with van der Waals surface area (Å²) in [4.78, 5) is 12.4. The predicted octanol–water partition coefficient (Wildman–Crippen LogP) is 13.9. The molecule has 1 unspecified atom stereocenters. The van der Waals surface area contributed by atoms with Gasteiger partial charge in [-0.15, -0.1) is 0 Å². The summed E-state index contributed by atoms with van der Waals surface area (Å²) >= 11 is 0. The Bertz CT molecular complexity index is 1280. The van der Waals surface area contributed by atoms with Crippen LogP contribution >= 0.6 is 7.82 Å². The number of hydrogen-bond donors (Lipinski definition) is 0. The molecule has 0 aliphatic rings. The smallest absolute Gasteiger partial charge is 0.268 e. The van der Waals surface area contributed by atoms with Crippen molar-refractivity contribution in [3.05, 3.63) is 0 Å². The van der Waals surface area contributed by atoms with E-state index < -0.39 is 13.9 Å². The molecule has 0 aliphatic heterocycles. The Hall–Kier alpha value is -1.77. The van der Waals surface area contributed by atoms with Crippen LogP contribution < -0.4 is 4.89 Å². The van der Waals surface area contributed by atoms with E-state index in [1.165, 1.54) is 148 Å². The lowest BCUT2D eigenvalue weighted by Gasteiger charge is -2.28. The molecule has 0 aliphatic carbocycles. The molecule has 0 heterocycles. The standard InChI is InChI=1S/C54H96NO6P/c1-6-8-10-12-14-16-18-20-22-24-26-28-30-32-34-36-38-40-42-44-46-49-58-52-54(53-61-62(56,57)60-51-48-55(3,4)5)59-50-47-45-43-41-39-37-35-33-31-29-27-25-23-21-19-17-15-13-11-9-7-2/h54H,6-23,32-53H2,1-5H3/t54-/m1/s1. The highest BCUT2D eigenvalue weighted by Gasteiger charge is 2.18. The van der Waals surface area contributed by atoms with E-state index in [9.17, 15) is 9.46 Å². The maximum absolute atomic E-state index is 12.4. The summed E-state index contributed by atoms with van der Waals surface area (Å²) in [5, 5.41) is 0. The number of hydrogen-bond acceptors (Lipinski definition) is 6. The fourth-order valence-corrected chi connectivity index (χ4v) is 7.60. The number of unbranched alkanes of at least 4 members (excludes halogenated alkanes) is 30. The summed E-state index contributed by atoms with van der Waals surface area (Å²) in [5.41, 5.74) is 0. The highest BCUT2D eigenvalue weighted by atomic mass is 31.2. The van der Waals surface area contributed by atoms with Gasteiger partial charge in [0.05, 0.1) is 34.4 Å². The molecule has 0 fully saturated rings. The van der Waals surface area contributed by atoms with Gasteiger partial charge >= 0.3 is 0 Å². The number of likely N-dealkylation sites (N-methyl/N-ethyl adjacent to an activating group) is 1. The fourth-order valence-electron chi connectivity index (χ4n) is 6.87. The Morgan fingerprint density at radius 2 is 0.774 bits per heavy atom. The fraction of sp³-hybridized carbons (Fsp3) is 0.852. The van der Waals surface area contributed by atoms with Crippen molar-refractivity contribution in [1.29, 1.82) is 0 Å². The molecule has 0 aromatic rings. The van der Waals surface area contributed by atoms with Crippen LogP contribution in [0.25, 0.3) is 0 Å². The van der Waals surface area contributed by atoms with Crippen molar-refractivity contribution in [2.75, 3.05) is 60.7 Å². The monoisotopic (exact) mass is 886 g/mol. The van der Waals surface area contributed by atoms with Crippen LogP contribution in [0.3, 0.4) is 0 Å². The van der Waals surface area contributed by atoms with Crippen LogP contribution in [-0.4, -0.2) is 71.3 Å². The molecular weight excluding hydrogens is 790 g/mol. The number of rotatable bonds is 44. The van der Waals surface area contributed by atoms with Gasteiger partial charge in [0.15, 0.2) is 0 Å². The molecule has 0 amide bonds. The van der Waals surface area contributed by atoms with Gasteiger partial charge in [0.2, 0.25) is 0 Å². The molecule has 0 saturated carbocycles. The summed E-state index contributed by atoms with van der Waals surface area (Å²) in [6.45, 7) is 6.55. The normalized spacial score (nSPS) is 12.5. The third-order valence-corrected chi connectivity index (χ3v) is 11.9. The molecule has 0 radical (unpaired) electrons. The van der Waals surface area contributed by atoms with Gasteiger partial charge in [0.25, 0.3) is 7.82 Å². The molecule has 62 heavy (non-hydrogen) atoms. The van der Waals surface area contributed by atoms with Crippen molar-refractivity contribution >= 4 is 7.82 Å². The van der Waals surface area contributed by atoms with Gasteiger partial charge in [-0.05, 0) is 62.2 Å². The van der Waals surface area contributed by atoms with E-state index in [4.69, 9.17) is 18.5 Å². The summed E-state index contributed by atoms with van der Waals surface area (Å²) < 4.78 is 35.4. The van der Waals surface area contributed by atoms with Crippen molar-refractivity contribution in [1.82, 2.24) is 0 Å². The lowest BCUT2D eigenvalue weighted by molar-refractivity contribution is -0.870. The minimum atomic E-state index is -4.42. The van der Waals surface area contributed by atoms with Gasteiger partial charge in [-0.2, -0.15) is 0 Å². The molecular formula is C54H96NO6P. The average molecular weight is 886 g/mol. The van der Waals surface area contributed by atoms with E-state index in [1.807, 2.05) is 21.1 Å². The number of ether oxygens (including phenoxy) is 2. The van der Waals surface area contributed by atoms with Gasteiger partial charge in [-0.25, -0.2) is 0 Å². The van der Waals surface area contributed by atoms with E-state index >= 15 is 0 Å². The molecule has 8 heteroatoms. The van der Waals surface area contributed by atoms with Crippen molar-refractivity contribution in [3.8, 4) is 47.4 Å². The van der Waals surface area contributed by atoms with Gasteiger partial charge in [0, 0.05) is 38.9 Å². The van der Waals surface area contributed by atoms with E-state index in [0.29, 0.717) is 30.8 Å². The van der Waals surface area contributed by atoms with Crippen LogP contribution in [0, 0.1) is 47.4 Å². The molecule has 7 nitrogen and oxygen atoms in total. The minimum absolute atomic E-state index is 0.0800. The second-order valence-corrected chi connectivity index (χ2v) is 19.7. The highest BCUT2D eigenvalue weighted by Crippen LogP contribution is 2.38. The summed E-state index contributed by atoms with van der Waals surface area (Å²) in [7, 11) is 1.54. The molecule has 2 atom stereocenters. The van der Waals surface area contributed by atoms with Crippen molar-refractivity contribution in [2.24, 2.45) is 0 Å². The minimum Gasteiger partial charge on any atom is -0.756 e. The third-order valence-electron chi connectivity index (χ3n) is 10.9. The van der Waals surface area contributed by atoms with Gasteiger partial charge in [-0.1, -0.05) is 192 Å². The number of nitrogens with zero attached hydrogens (tertiary/aromatic N) is 1. The summed E-state index contributed by atoms with van der Waals surface area (Å²) in [6, 6.07) is 0. The first-order chi connectivity index (χ1) is 30.2. The van der Waals surface area contributed by atoms with Crippen molar-refractivity contribution < 1.29 is 32.5 Å². The van der Waals surface area contributed by atoms with Crippen LogP contribution in [0.5, 0.6) is 0 Å². The first-order valence-electron chi connectivity index (χ1n) is 25.7. The lowest BCUT2D eigenvalue weighted by atomic mass is 10.1. The SMILES string of the molecule is CCCCCCCCCCC#CC#CCCCCCCCCCOC[C@H](COP(=O)([O-])OCC[N+](C)(C)C)OCCCCCCCCCC#CC#CCCCCCCCCCC. The Morgan fingerprint density at radius 1 is 0.435 bits per heavy atom. The van der Waals surface area contributed by atoms with Gasteiger partial charge in [0.1, 0.15) is 19.3 Å². The van der Waals surface area contributed by atoms with Crippen LogP contribution in [0.2, 0.25) is 0 Å². The first kappa shape index (κ1) is 60.2. The van der Waals surface area contributed by atoms with Crippen LogP contribution in [0.4, 0.5) is 0 Å². The number of phosphoric acid groups is 1. The molecule has 0 saturated heterocycles. The highest BCUT2D eigenvalue weighted by molar-refractivity contribution is 7.45. The van der Waals surface area contributed by atoms with Crippen molar-refractivity contribution in [2.45, 2.75) is 238 Å². The maximum Gasteiger partial charge on any atom is 0.268 e. The molecule has 0 rings (SSSR count). The van der Waals surface area contributed by atoms with Crippen LogP contribution in [0.1, 0.15) is 232 Å². The van der Waals surface area contributed by atoms with Crippen LogP contribution in [-0.2, 0) is 23.1 Å². The van der Waals surface area contributed by atoms with E-state index in [0.717, 1.165) is 70.6 Å². The predicted molar refractivity (Wildman–Crippen MR) is 262 cm³/mol. The Morgan fingerprint density at radius 3 is 1.15 bits per heavy atom. The molecule has 0 aromatic heterocycles. The Balaban J connectivity index is 4.12. The van der Waals surface area contributed by atoms with Gasteiger partial charge < -0.3 is 27.9 Å². The first-order valence-corrected chi connectivity index (χ1v) is 27.2. The third kappa shape index (κ3) is 50.9. The molecule has 0 aromatic carbocycles. The molecule has 0 bridgehead atoms. The van der Waals surface area contributed by atoms with Gasteiger partial charge in [-0.3, -0.25) is 4.57 Å².